The number of hydrogen-bond donors (Lipinski definition) is 2. The maximum atomic E-state index is 10.4. The minimum Gasteiger partial charge on any atom is -0.366 e. The van der Waals surface area contributed by atoms with Crippen molar-refractivity contribution in [2.45, 2.75) is 123 Å². The molecule has 4 saturated carbocycles. The molecule has 0 aromatic heterocycles. The van der Waals surface area contributed by atoms with Gasteiger partial charge in [-0.2, -0.15) is 0 Å². The highest BCUT2D eigenvalue weighted by Gasteiger charge is 2.77. The summed E-state index contributed by atoms with van der Waals surface area (Å²) in [6.07, 6.45) is 13.0. The van der Waals surface area contributed by atoms with Crippen LogP contribution in [-0.4, -0.2) is 27.7 Å². The third-order valence-corrected chi connectivity index (χ3v) is 11.3. The fourth-order valence-electron chi connectivity index (χ4n) is 9.68. The molecule has 5 rings (SSSR count). The van der Waals surface area contributed by atoms with E-state index in [4.69, 9.17) is 4.74 Å². The van der Waals surface area contributed by atoms with Crippen LogP contribution in [0.4, 0.5) is 0 Å². The third-order valence-electron chi connectivity index (χ3n) is 11.3. The molecule has 0 amide bonds. The molecule has 0 aromatic carbocycles. The summed E-state index contributed by atoms with van der Waals surface area (Å²) in [6, 6.07) is 0. The van der Waals surface area contributed by atoms with E-state index in [1.54, 1.807) is 0 Å². The van der Waals surface area contributed by atoms with Crippen LogP contribution in [0.1, 0.15) is 105 Å². The SMILES string of the molecule is CC(C)CCC[C@@H](C)[C@H]1CC[C@H]2[C@@H]3CC4OC45CC(O)(O)CC[C@]5(C)[C@H]3CC[C@]12C. The molecule has 1 spiro atoms. The molecular weight excluding hydrogens is 372 g/mol. The Balaban J connectivity index is 1.33. The van der Waals surface area contributed by atoms with Crippen LogP contribution < -0.4 is 0 Å². The molecule has 2 N–H and O–H groups in total. The van der Waals surface area contributed by atoms with Gasteiger partial charge in [-0.05, 0) is 79.4 Å². The van der Waals surface area contributed by atoms with Crippen molar-refractivity contribution in [1.29, 1.82) is 0 Å². The van der Waals surface area contributed by atoms with Crippen LogP contribution in [0, 0.1) is 46.3 Å². The predicted octanol–water partition coefficient (Wildman–Crippen LogP) is 5.92. The molecule has 0 bridgehead atoms. The highest BCUT2D eigenvalue weighted by atomic mass is 16.6. The van der Waals surface area contributed by atoms with Gasteiger partial charge in [-0.1, -0.05) is 53.9 Å². The van der Waals surface area contributed by atoms with E-state index >= 15 is 0 Å². The van der Waals surface area contributed by atoms with E-state index < -0.39 is 5.79 Å². The monoisotopic (exact) mass is 418 g/mol. The number of aliphatic hydroxyl groups is 2. The zero-order valence-electron chi connectivity index (χ0n) is 20.1. The fourth-order valence-corrected chi connectivity index (χ4v) is 9.68. The summed E-state index contributed by atoms with van der Waals surface area (Å²) in [5.74, 6) is 3.39. The molecule has 3 nitrogen and oxygen atoms in total. The first kappa shape index (κ1) is 21.7. The lowest BCUT2D eigenvalue weighted by atomic mass is 9.44. The van der Waals surface area contributed by atoms with Crippen molar-refractivity contribution in [3.63, 3.8) is 0 Å². The van der Waals surface area contributed by atoms with Gasteiger partial charge in [0.15, 0.2) is 5.79 Å². The van der Waals surface area contributed by atoms with Gasteiger partial charge in [-0.25, -0.2) is 0 Å². The van der Waals surface area contributed by atoms with E-state index in [2.05, 4.69) is 34.6 Å². The van der Waals surface area contributed by atoms with E-state index in [-0.39, 0.29) is 17.1 Å². The zero-order chi connectivity index (χ0) is 21.5. The molecule has 0 aromatic rings. The summed E-state index contributed by atoms with van der Waals surface area (Å²) in [5, 5.41) is 20.8. The van der Waals surface area contributed by atoms with Crippen LogP contribution in [0.15, 0.2) is 0 Å². The van der Waals surface area contributed by atoms with Gasteiger partial charge in [0.25, 0.3) is 0 Å². The number of hydrogen-bond acceptors (Lipinski definition) is 3. The molecule has 9 atom stereocenters. The fraction of sp³-hybridized carbons (Fsp3) is 1.00. The van der Waals surface area contributed by atoms with Crippen molar-refractivity contribution >= 4 is 0 Å². The van der Waals surface area contributed by atoms with Crippen LogP contribution >= 0.6 is 0 Å². The Morgan fingerprint density at radius 2 is 1.70 bits per heavy atom. The highest BCUT2D eigenvalue weighted by Crippen LogP contribution is 2.74. The molecule has 1 aliphatic heterocycles. The Bertz CT molecular complexity index is 673. The Kier molecular flexibility index (Phi) is 5.02. The number of rotatable bonds is 5. The third kappa shape index (κ3) is 3.00. The lowest BCUT2D eigenvalue weighted by Gasteiger charge is -2.60. The smallest absolute Gasteiger partial charge is 0.165 e. The van der Waals surface area contributed by atoms with Gasteiger partial charge in [0.1, 0.15) is 5.60 Å². The molecule has 5 aliphatic rings. The van der Waals surface area contributed by atoms with Gasteiger partial charge < -0.3 is 14.9 Å². The topological polar surface area (TPSA) is 53.0 Å². The first-order valence-electron chi connectivity index (χ1n) is 13.1. The molecule has 172 valence electrons. The average Bonchev–Trinajstić information content (AvgIpc) is 3.21. The van der Waals surface area contributed by atoms with Crippen LogP contribution in [0.25, 0.3) is 0 Å². The number of ether oxygens (including phenoxy) is 1. The van der Waals surface area contributed by atoms with Gasteiger partial charge in [0.2, 0.25) is 0 Å². The Morgan fingerprint density at radius 3 is 2.43 bits per heavy atom. The van der Waals surface area contributed by atoms with E-state index in [9.17, 15) is 10.2 Å². The standard InChI is InChI=1S/C27H46O3/c1-17(2)7-6-8-18(3)20-9-10-21-19-15-23-27(30-23)16-26(28,29)14-13-25(27,5)22(19)11-12-24(20,21)4/h17-23,28-29H,6-16H2,1-5H3/t18-,19+,20-,21+,22+,23?,24-,25-,27?/m1/s1. The molecule has 30 heavy (non-hydrogen) atoms. The number of epoxide rings is 1. The highest BCUT2D eigenvalue weighted by molar-refractivity contribution is 5.24. The summed E-state index contributed by atoms with van der Waals surface area (Å²) >= 11 is 0. The minimum absolute atomic E-state index is 0.137. The molecule has 5 fully saturated rings. The molecular formula is C27H46O3. The van der Waals surface area contributed by atoms with Crippen LogP contribution in [0.2, 0.25) is 0 Å². The van der Waals surface area contributed by atoms with E-state index in [1.807, 2.05) is 0 Å². The van der Waals surface area contributed by atoms with Crippen molar-refractivity contribution in [2.24, 2.45) is 46.3 Å². The lowest BCUT2D eigenvalue weighted by Crippen LogP contribution is -2.60. The molecule has 1 heterocycles. The van der Waals surface area contributed by atoms with Crippen molar-refractivity contribution in [1.82, 2.24) is 0 Å². The van der Waals surface area contributed by atoms with Crippen LogP contribution in [0.3, 0.4) is 0 Å². The zero-order valence-corrected chi connectivity index (χ0v) is 20.1. The Hall–Kier alpha value is -0.120. The number of fused-ring (bicyclic) bond motifs is 4. The first-order valence-corrected chi connectivity index (χ1v) is 13.1. The Morgan fingerprint density at radius 1 is 0.933 bits per heavy atom. The summed E-state index contributed by atoms with van der Waals surface area (Å²) in [4.78, 5) is 0. The molecule has 0 radical (unpaired) electrons. The van der Waals surface area contributed by atoms with E-state index in [0.717, 1.165) is 36.0 Å². The van der Waals surface area contributed by atoms with Gasteiger partial charge in [-0.15, -0.1) is 0 Å². The largest absolute Gasteiger partial charge is 0.366 e. The van der Waals surface area contributed by atoms with Crippen LogP contribution in [0.5, 0.6) is 0 Å². The summed E-state index contributed by atoms with van der Waals surface area (Å²) < 4.78 is 6.41. The minimum atomic E-state index is -1.52. The predicted molar refractivity (Wildman–Crippen MR) is 120 cm³/mol. The normalized spacial score (nSPS) is 52.2. The maximum absolute atomic E-state index is 10.4. The van der Waals surface area contributed by atoms with Gasteiger partial charge in [0.05, 0.1) is 6.10 Å². The van der Waals surface area contributed by atoms with Crippen molar-refractivity contribution in [3.05, 3.63) is 0 Å². The second-order valence-corrected chi connectivity index (χ2v) is 13.2. The molecule has 1 saturated heterocycles. The van der Waals surface area contributed by atoms with E-state index in [0.29, 0.717) is 24.2 Å². The van der Waals surface area contributed by atoms with Crippen molar-refractivity contribution in [2.75, 3.05) is 0 Å². The first-order chi connectivity index (χ1) is 14.0. The lowest BCUT2D eigenvalue weighted by molar-refractivity contribution is -0.230. The maximum Gasteiger partial charge on any atom is 0.165 e. The molecule has 4 aliphatic carbocycles. The summed E-state index contributed by atoms with van der Waals surface area (Å²) in [7, 11) is 0. The van der Waals surface area contributed by atoms with Gasteiger partial charge in [0, 0.05) is 18.3 Å². The average molecular weight is 419 g/mol. The second kappa shape index (κ2) is 6.94. The second-order valence-electron chi connectivity index (χ2n) is 13.2. The molecule has 2 unspecified atom stereocenters. The van der Waals surface area contributed by atoms with Crippen molar-refractivity contribution in [3.8, 4) is 0 Å². The summed E-state index contributed by atoms with van der Waals surface area (Å²) in [5.41, 5.74) is 0.402. The van der Waals surface area contributed by atoms with E-state index in [1.165, 1.54) is 51.4 Å². The Labute approximate surface area is 184 Å². The quantitative estimate of drug-likeness (QED) is 0.430. The molecule has 3 heteroatoms. The van der Waals surface area contributed by atoms with Crippen LogP contribution in [-0.2, 0) is 4.74 Å². The van der Waals surface area contributed by atoms with Gasteiger partial charge in [-0.3, -0.25) is 0 Å². The summed E-state index contributed by atoms with van der Waals surface area (Å²) in [6.45, 7) is 12.3. The van der Waals surface area contributed by atoms with Crippen molar-refractivity contribution < 1.29 is 14.9 Å². The van der Waals surface area contributed by atoms with Gasteiger partial charge >= 0.3 is 0 Å².